The van der Waals surface area contributed by atoms with Crippen LogP contribution in [-0.4, -0.2) is 23.1 Å². The van der Waals surface area contributed by atoms with Crippen molar-refractivity contribution in [3.8, 4) is 0 Å². The molecule has 3 N–H and O–H groups in total. The van der Waals surface area contributed by atoms with Gasteiger partial charge in [-0.2, -0.15) is 0 Å². The molecule has 0 fully saturated rings. The summed E-state index contributed by atoms with van der Waals surface area (Å²) in [5.74, 6) is -0.858. The molecule has 19 heavy (non-hydrogen) atoms. The number of carboxylic acid groups (broad SMARTS) is 1. The van der Waals surface area contributed by atoms with Crippen molar-refractivity contribution < 1.29 is 14.7 Å². The first-order chi connectivity index (χ1) is 8.86. The predicted octanol–water partition coefficient (Wildman–Crippen LogP) is 2.68. The van der Waals surface area contributed by atoms with Crippen molar-refractivity contribution in [3.63, 3.8) is 0 Å². The second-order valence-corrected chi connectivity index (χ2v) is 4.81. The molecule has 2 amide bonds. The van der Waals surface area contributed by atoms with Crippen molar-refractivity contribution in [2.75, 3.05) is 5.32 Å². The van der Waals surface area contributed by atoms with Gasteiger partial charge in [-0.05, 0) is 50.5 Å². The number of anilines is 1. The van der Waals surface area contributed by atoms with Crippen LogP contribution in [0.4, 0.5) is 10.5 Å². The van der Waals surface area contributed by atoms with Crippen LogP contribution in [0.2, 0.25) is 0 Å². The van der Waals surface area contributed by atoms with E-state index in [1.807, 2.05) is 32.0 Å². The van der Waals surface area contributed by atoms with Gasteiger partial charge in [0.25, 0.3) is 0 Å². The van der Waals surface area contributed by atoms with E-state index in [1.54, 1.807) is 6.92 Å². The number of nitrogens with one attached hydrogen (secondary N) is 2. The third-order valence-corrected chi connectivity index (χ3v) is 2.65. The number of aliphatic carboxylic acids is 1. The first-order valence-corrected chi connectivity index (χ1v) is 6.24. The van der Waals surface area contributed by atoms with Crippen molar-refractivity contribution in [2.24, 2.45) is 0 Å². The molecule has 0 saturated heterocycles. The standard InChI is InChI=1S/C14H20N2O3/c1-9-6-10(2)8-12(7-9)16-14(19)15-11(3)4-5-13(17)18/h6-8,11H,4-5H2,1-3H3,(H,17,18)(H2,15,16,19). The number of aryl methyl sites for hydroxylation is 2. The molecule has 0 radical (unpaired) electrons. The topological polar surface area (TPSA) is 78.4 Å². The van der Waals surface area contributed by atoms with Crippen molar-refractivity contribution in [1.82, 2.24) is 5.32 Å². The van der Waals surface area contributed by atoms with Gasteiger partial charge in [0.15, 0.2) is 0 Å². The van der Waals surface area contributed by atoms with Crippen molar-refractivity contribution in [1.29, 1.82) is 0 Å². The van der Waals surface area contributed by atoms with Crippen molar-refractivity contribution in [2.45, 2.75) is 39.7 Å². The van der Waals surface area contributed by atoms with Crippen LogP contribution in [0.3, 0.4) is 0 Å². The van der Waals surface area contributed by atoms with Crippen LogP contribution in [0.15, 0.2) is 18.2 Å². The summed E-state index contributed by atoms with van der Waals surface area (Å²) in [6, 6.07) is 5.30. The maximum absolute atomic E-state index is 11.7. The minimum absolute atomic E-state index is 0.0466. The molecule has 0 aliphatic rings. The first-order valence-electron chi connectivity index (χ1n) is 6.24. The SMILES string of the molecule is Cc1cc(C)cc(NC(=O)NC(C)CCC(=O)O)c1. The average molecular weight is 264 g/mol. The third-order valence-electron chi connectivity index (χ3n) is 2.65. The van der Waals surface area contributed by atoms with E-state index in [0.29, 0.717) is 6.42 Å². The van der Waals surface area contributed by atoms with Crippen LogP contribution in [-0.2, 0) is 4.79 Å². The molecule has 1 unspecified atom stereocenters. The van der Waals surface area contributed by atoms with Crippen molar-refractivity contribution in [3.05, 3.63) is 29.3 Å². The molecule has 1 aromatic carbocycles. The summed E-state index contributed by atoms with van der Waals surface area (Å²) in [4.78, 5) is 22.1. The smallest absolute Gasteiger partial charge is 0.319 e. The molecule has 1 atom stereocenters. The Morgan fingerprint density at radius 1 is 1.21 bits per heavy atom. The minimum Gasteiger partial charge on any atom is -0.481 e. The number of hydrogen-bond acceptors (Lipinski definition) is 2. The van der Waals surface area contributed by atoms with Gasteiger partial charge in [-0.1, -0.05) is 6.07 Å². The van der Waals surface area contributed by atoms with Crippen LogP contribution < -0.4 is 10.6 Å². The molecule has 0 saturated carbocycles. The Kier molecular flexibility index (Phi) is 5.36. The van der Waals surface area contributed by atoms with E-state index in [9.17, 15) is 9.59 Å². The molecular weight excluding hydrogens is 244 g/mol. The Hall–Kier alpha value is -2.04. The summed E-state index contributed by atoms with van der Waals surface area (Å²) in [5.41, 5.74) is 2.89. The normalized spacial score (nSPS) is 11.7. The Morgan fingerprint density at radius 3 is 2.32 bits per heavy atom. The zero-order chi connectivity index (χ0) is 14.4. The van der Waals surface area contributed by atoms with Gasteiger partial charge in [-0.3, -0.25) is 4.79 Å². The van der Waals surface area contributed by atoms with Gasteiger partial charge in [0.05, 0.1) is 0 Å². The number of rotatable bonds is 5. The first kappa shape index (κ1) is 15.0. The van der Waals surface area contributed by atoms with E-state index >= 15 is 0 Å². The number of carboxylic acids is 1. The number of benzene rings is 1. The number of hydrogen-bond donors (Lipinski definition) is 3. The van der Waals surface area contributed by atoms with E-state index in [1.165, 1.54) is 0 Å². The predicted molar refractivity (Wildman–Crippen MR) is 74.4 cm³/mol. The van der Waals surface area contributed by atoms with E-state index in [0.717, 1.165) is 16.8 Å². The van der Waals surface area contributed by atoms with Gasteiger partial charge < -0.3 is 15.7 Å². The molecule has 104 valence electrons. The third kappa shape index (κ3) is 5.90. The van der Waals surface area contributed by atoms with Crippen LogP contribution >= 0.6 is 0 Å². The Labute approximate surface area is 113 Å². The zero-order valence-electron chi connectivity index (χ0n) is 11.5. The van der Waals surface area contributed by atoms with Gasteiger partial charge in [-0.15, -0.1) is 0 Å². The highest BCUT2D eigenvalue weighted by molar-refractivity contribution is 5.89. The summed E-state index contributed by atoms with van der Waals surface area (Å²) in [6.45, 7) is 5.71. The van der Waals surface area contributed by atoms with Crippen LogP contribution in [0.5, 0.6) is 0 Å². The molecular formula is C14H20N2O3. The molecule has 0 bridgehead atoms. The van der Waals surface area contributed by atoms with Crippen LogP contribution in [0, 0.1) is 13.8 Å². The Morgan fingerprint density at radius 2 is 1.79 bits per heavy atom. The lowest BCUT2D eigenvalue weighted by Crippen LogP contribution is -2.36. The highest BCUT2D eigenvalue weighted by atomic mass is 16.4. The number of carbonyl (C=O) groups excluding carboxylic acids is 1. The monoisotopic (exact) mass is 264 g/mol. The lowest BCUT2D eigenvalue weighted by molar-refractivity contribution is -0.137. The van der Waals surface area contributed by atoms with Gasteiger partial charge in [0.1, 0.15) is 0 Å². The molecule has 0 spiro atoms. The van der Waals surface area contributed by atoms with Gasteiger partial charge in [-0.25, -0.2) is 4.79 Å². The Bertz CT molecular complexity index is 452. The van der Waals surface area contributed by atoms with E-state index in [-0.39, 0.29) is 18.5 Å². The molecule has 0 aliphatic heterocycles. The lowest BCUT2D eigenvalue weighted by atomic mass is 10.1. The maximum Gasteiger partial charge on any atom is 0.319 e. The van der Waals surface area contributed by atoms with E-state index < -0.39 is 5.97 Å². The molecule has 0 heterocycles. The fraction of sp³-hybridized carbons (Fsp3) is 0.429. The van der Waals surface area contributed by atoms with Gasteiger partial charge in [0, 0.05) is 18.2 Å². The molecule has 0 aliphatic carbocycles. The van der Waals surface area contributed by atoms with Gasteiger partial charge >= 0.3 is 12.0 Å². The van der Waals surface area contributed by atoms with Crippen molar-refractivity contribution >= 4 is 17.7 Å². The lowest BCUT2D eigenvalue weighted by Gasteiger charge is -2.14. The highest BCUT2D eigenvalue weighted by Gasteiger charge is 2.09. The molecule has 1 aromatic rings. The van der Waals surface area contributed by atoms with Gasteiger partial charge in [0.2, 0.25) is 0 Å². The summed E-state index contributed by atoms with van der Waals surface area (Å²) in [6.07, 6.45) is 0.459. The summed E-state index contributed by atoms with van der Waals surface area (Å²) >= 11 is 0. The maximum atomic E-state index is 11.7. The number of carbonyl (C=O) groups is 2. The molecule has 1 rings (SSSR count). The summed E-state index contributed by atoms with van der Waals surface area (Å²) in [5, 5.41) is 14.0. The Balaban J connectivity index is 2.48. The van der Waals surface area contributed by atoms with Crippen LogP contribution in [0.1, 0.15) is 30.9 Å². The highest BCUT2D eigenvalue weighted by Crippen LogP contribution is 2.13. The average Bonchev–Trinajstić information content (AvgIpc) is 2.24. The molecule has 5 heteroatoms. The number of urea groups is 1. The fourth-order valence-corrected chi connectivity index (χ4v) is 1.85. The minimum atomic E-state index is -0.858. The second-order valence-electron chi connectivity index (χ2n) is 4.81. The zero-order valence-corrected chi connectivity index (χ0v) is 11.5. The molecule has 0 aromatic heterocycles. The second kappa shape index (κ2) is 6.78. The van der Waals surface area contributed by atoms with Crippen LogP contribution in [0.25, 0.3) is 0 Å². The van der Waals surface area contributed by atoms with E-state index in [4.69, 9.17) is 5.11 Å². The summed E-state index contributed by atoms with van der Waals surface area (Å²) in [7, 11) is 0. The quantitative estimate of drug-likeness (QED) is 0.765. The largest absolute Gasteiger partial charge is 0.481 e. The number of amides is 2. The fourth-order valence-electron chi connectivity index (χ4n) is 1.85. The molecule has 5 nitrogen and oxygen atoms in total. The van der Waals surface area contributed by atoms with E-state index in [2.05, 4.69) is 10.6 Å². The summed E-state index contributed by atoms with van der Waals surface area (Å²) < 4.78 is 0.